The summed E-state index contributed by atoms with van der Waals surface area (Å²) < 4.78 is 0. The zero-order chi connectivity index (χ0) is 14.0. The van der Waals surface area contributed by atoms with Crippen molar-refractivity contribution < 1.29 is 9.63 Å². The Labute approximate surface area is 116 Å². The maximum absolute atomic E-state index is 11.9. The molecule has 4 nitrogen and oxygen atoms in total. The quantitative estimate of drug-likeness (QED) is 0.857. The number of hydrogen-bond donors (Lipinski definition) is 1. The number of para-hydroxylation sites is 1. The van der Waals surface area contributed by atoms with Crippen LogP contribution in [0.2, 0.25) is 5.02 Å². The van der Waals surface area contributed by atoms with Gasteiger partial charge in [-0.05, 0) is 32.9 Å². The van der Waals surface area contributed by atoms with E-state index in [0.29, 0.717) is 10.5 Å². The molecular weight excluding hydrogens is 264 g/mol. The van der Waals surface area contributed by atoms with Crippen molar-refractivity contribution in [1.29, 1.82) is 0 Å². The summed E-state index contributed by atoms with van der Waals surface area (Å²) in [4.78, 5) is 21.4. The number of carbonyl (C=O) groups is 1. The summed E-state index contributed by atoms with van der Waals surface area (Å²) >= 11 is 6.14. The molecule has 0 aliphatic rings. The van der Waals surface area contributed by atoms with Gasteiger partial charge in [0.15, 0.2) is 0 Å². The minimum Gasteiger partial charge on any atom is -0.268 e. The molecule has 1 aromatic carbocycles. The van der Waals surface area contributed by atoms with Crippen molar-refractivity contribution in [2.24, 2.45) is 0 Å². The number of hydroxylamine groups is 1. The first-order chi connectivity index (χ1) is 8.87. The van der Waals surface area contributed by atoms with Crippen LogP contribution in [0.15, 0.2) is 30.3 Å². The fraction of sp³-hybridized carbons (Fsp3) is 0.286. The molecule has 0 saturated carbocycles. The van der Waals surface area contributed by atoms with Gasteiger partial charge >= 0.3 is 0 Å². The predicted octanol–water partition coefficient (Wildman–Crippen LogP) is 3.35. The number of pyridine rings is 1. The van der Waals surface area contributed by atoms with Gasteiger partial charge in [0.1, 0.15) is 5.69 Å². The Bertz CT molecular complexity index is 620. The number of carbonyl (C=O) groups excluding carboxylic acids is 1. The fourth-order valence-electron chi connectivity index (χ4n) is 1.50. The molecule has 0 atom stereocenters. The molecule has 1 amide bonds. The third-order valence-corrected chi connectivity index (χ3v) is 2.66. The molecule has 0 radical (unpaired) electrons. The van der Waals surface area contributed by atoms with Gasteiger partial charge in [-0.15, -0.1) is 0 Å². The average molecular weight is 279 g/mol. The normalized spacial score (nSPS) is 11.6. The van der Waals surface area contributed by atoms with Crippen molar-refractivity contribution in [1.82, 2.24) is 10.5 Å². The van der Waals surface area contributed by atoms with Crippen LogP contribution < -0.4 is 5.48 Å². The Morgan fingerprint density at radius 3 is 2.68 bits per heavy atom. The maximum Gasteiger partial charge on any atom is 0.293 e. The Kier molecular flexibility index (Phi) is 3.73. The van der Waals surface area contributed by atoms with E-state index in [1.54, 1.807) is 0 Å². The molecule has 19 heavy (non-hydrogen) atoms. The SMILES string of the molecule is CC(C)(C)ONC(=O)c1cc(Cl)c2ccccc2n1. The second kappa shape index (κ2) is 5.15. The molecule has 0 bridgehead atoms. The summed E-state index contributed by atoms with van der Waals surface area (Å²) in [5.74, 6) is -0.414. The number of hydrogen-bond acceptors (Lipinski definition) is 3. The number of aromatic nitrogens is 1. The highest BCUT2D eigenvalue weighted by atomic mass is 35.5. The van der Waals surface area contributed by atoms with E-state index in [2.05, 4.69) is 10.5 Å². The van der Waals surface area contributed by atoms with E-state index in [1.165, 1.54) is 6.07 Å². The Morgan fingerprint density at radius 1 is 1.32 bits per heavy atom. The van der Waals surface area contributed by atoms with E-state index in [1.807, 2.05) is 45.0 Å². The second-order valence-electron chi connectivity index (χ2n) is 5.15. The van der Waals surface area contributed by atoms with Crippen LogP contribution in [0.3, 0.4) is 0 Å². The molecular formula is C14H15ClN2O2. The smallest absolute Gasteiger partial charge is 0.268 e. The minimum atomic E-state index is -0.462. The molecule has 1 aromatic heterocycles. The van der Waals surface area contributed by atoms with E-state index < -0.39 is 11.5 Å². The Morgan fingerprint density at radius 2 is 2.00 bits per heavy atom. The molecule has 100 valence electrons. The summed E-state index contributed by atoms with van der Waals surface area (Å²) in [6.45, 7) is 5.52. The third-order valence-electron chi connectivity index (χ3n) is 2.35. The summed E-state index contributed by atoms with van der Waals surface area (Å²) in [5.41, 5.74) is 2.82. The van der Waals surface area contributed by atoms with Crippen LogP contribution in [0, 0.1) is 0 Å². The van der Waals surface area contributed by atoms with Gasteiger partial charge in [0.2, 0.25) is 0 Å². The van der Waals surface area contributed by atoms with Crippen LogP contribution in [0.4, 0.5) is 0 Å². The number of nitrogens with zero attached hydrogens (tertiary/aromatic N) is 1. The van der Waals surface area contributed by atoms with Gasteiger partial charge in [0, 0.05) is 5.39 Å². The molecule has 0 spiro atoms. The highest BCUT2D eigenvalue weighted by Crippen LogP contribution is 2.22. The van der Waals surface area contributed by atoms with Crippen molar-refractivity contribution in [2.45, 2.75) is 26.4 Å². The van der Waals surface area contributed by atoms with Gasteiger partial charge in [-0.1, -0.05) is 29.8 Å². The average Bonchev–Trinajstić information content (AvgIpc) is 2.35. The van der Waals surface area contributed by atoms with E-state index in [0.717, 1.165) is 5.39 Å². The lowest BCUT2D eigenvalue weighted by molar-refractivity contribution is -0.0591. The lowest BCUT2D eigenvalue weighted by Gasteiger charge is -2.18. The highest BCUT2D eigenvalue weighted by Gasteiger charge is 2.16. The zero-order valence-corrected chi connectivity index (χ0v) is 11.8. The summed E-state index contributed by atoms with van der Waals surface area (Å²) in [7, 11) is 0. The van der Waals surface area contributed by atoms with Crippen LogP contribution >= 0.6 is 11.6 Å². The third kappa shape index (κ3) is 3.43. The lowest BCUT2D eigenvalue weighted by Crippen LogP contribution is -2.33. The first-order valence-corrected chi connectivity index (χ1v) is 6.28. The molecule has 0 aliphatic heterocycles. The maximum atomic E-state index is 11.9. The summed E-state index contributed by atoms with van der Waals surface area (Å²) in [6, 6.07) is 8.92. The molecule has 0 unspecified atom stereocenters. The molecule has 0 aliphatic carbocycles. The molecule has 2 aromatic rings. The lowest BCUT2D eigenvalue weighted by atomic mass is 10.2. The van der Waals surface area contributed by atoms with E-state index in [-0.39, 0.29) is 5.69 Å². The fourth-order valence-corrected chi connectivity index (χ4v) is 1.76. The van der Waals surface area contributed by atoms with Crippen LogP contribution in [0.1, 0.15) is 31.3 Å². The zero-order valence-electron chi connectivity index (χ0n) is 11.0. The molecule has 2 rings (SSSR count). The minimum absolute atomic E-state index is 0.230. The first kappa shape index (κ1) is 13.8. The number of rotatable bonds is 2. The van der Waals surface area contributed by atoms with E-state index in [9.17, 15) is 4.79 Å². The van der Waals surface area contributed by atoms with Gasteiger partial charge in [0.25, 0.3) is 5.91 Å². The van der Waals surface area contributed by atoms with E-state index in [4.69, 9.17) is 16.4 Å². The molecule has 1 N–H and O–H groups in total. The van der Waals surface area contributed by atoms with Crippen molar-refractivity contribution in [3.8, 4) is 0 Å². The number of nitrogens with one attached hydrogen (secondary N) is 1. The van der Waals surface area contributed by atoms with Crippen LogP contribution in [-0.2, 0) is 4.84 Å². The van der Waals surface area contributed by atoms with Crippen LogP contribution in [-0.4, -0.2) is 16.5 Å². The summed E-state index contributed by atoms with van der Waals surface area (Å²) in [6.07, 6.45) is 0. The van der Waals surface area contributed by atoms with Gasteiger partial charge < -0.3 is 0 Å². The van der Waals surface area contributed by atoms with Crippen molar-refractivity contribution in [3.05, 3.63) is 41.0 Å². The molecule has 1 heterocycles. The van der Waals surface area contributed by atoms with E-state index >= 15 is 0 Å². The number of benzene rings is 1. The van der Waals surface area contributed by atoms with Gasteiger partial charge in [0.05, 0.1) is 16.1 Å². The Balaban J connectivity index is 2.28. The number of amides is 1. The first-order valence-electron chi connectivity index (χ1n) is 5.90. The molecule has 5 heteroatoms. The summed E-state index contributed by atoms with van der Waals surface area (Å²) in [5, 5.41) is 1.31. The number of halogens is 1. The predicted molar refractivity (Wildman–Crippen MR) is 75.1 cm³/mol. The topological polar surface area (TPSA) is 51.2 Å². The molecule has 0 fully saturated rings. The standard InChI is InChI=1S/C14H15ClN2O2/c1-14(2,3)19-17-13(18)12-8-10(15)9-6-4-5-7-11(9)16-12/h4-8H,1-3H3,(H,17,18). The second-order valence-corrected chi connectivity index (χ2v) is 5.56. The largest absolute Gasteiger partial charge is 0.293 e. The van der Waals surface area contributed by atoms with Crippen molar-refractivity contribution >= 4 is 28.4 Å². The van der Waals surface area contributed by atoms with Crippen molar-refractivity contribution in [3.63, 3.8) is 0 Å². The highest BCUT2D eigenvalue weighted by molar-refractivity contribution is 6.35. The monoisotopic (exact) mass is 278 g/mol. The van der Waals surface area contributed by atoms with Gasteiger partial charge in [-0.3, -0.25) is 9.63 Å². The van der Waals surface area contributed by atoms with Crippen molar-refractivity contribution in [2.75, 3.05) is 0 Å². The van der Waals surface area contributed by atoms with Gasteiger partial charge in [-0.25, -0.2) is 10.5 Å². The molecule has 0 saturated heterocycles. The van der Waals surface area contributed by atoms with Crippen LogP contribution in [0.25, 0.3) is 10.9 Å². The van der Waals surface area contributed by atoms with Gasteiger partial charge in [-0.2, -0.15) is 0 Å². The Hall–Kier alpha value is -1.65. The van der Waals surface area contributed by atoms with Crippen LogP contribution in [0.5, 0.6) is 0 Å². The number of fused-ring (bicyclic) bond motifs is 1.